The normalized spacial score (nSPS) is 14.1. The van der Waals surface area contributed by atoms with Gasteiger partial charge in [-0.05, 0) is 38.5 Å². The van der Waals surface area contributed by atoms with E-state index >= 15 is 0 Å². The largest absolute Gasteiger partial charge is 0.324 e. The van der Waals surface area contributed by atoms with Crippen LogP contribution in [0, 0.1) is 0 Å². The van der Waals surface area contributed by atoms with Gasteiger partial charge >= 0.3 is 0 Å². The van der Waals surface area contributed by atoms with Crippen LogP contribution in [0.15, 0.2) is 29.2 Å². The minimum absolute atomic E-state index is 0.0881. The molecule has 0 spiro atoms. The van der Waals surface area contributed by atoms with Gasteiger partial charge in [0.1, 0.15) is 0 Å². The summed E-state index contributed by atoms with van der Waals surface area (Å²) >= 11 is 0. The van der Waals surface area contributed by atoms with Crippen LogP contribution >= 0.6 is 0 Å². The van der Waals surface area contributed by atoms with Gasteiger partial charge in [0.15, 0.2) is 0 Å². The van der Waals surface area contributed by atoms with Gasteiger partial charge in [0.25, 0.3) is 0 Å². The predicted molar refractivity (Wildman–Crippen MR) is 64.5 cm³/mol. The summed E-state index contributed by atoms with van der Waals surface area (Å²) in [6.45, 7) is 5.43. The first-order chi connectivity index (χ1) is 7.33. The summed E-state index contributed by atoms with van der Waals surface area (Å²) in [7, 11) is -3.39. The molecule has 4 nitrogen and oxygen atoms in total. The molecule has 1 aromatic carbocycles. The van der Waals surface area contributed by atoms with Gasteiger partial charge in [0.05, 0.1) is 4.90 Å². The predicted octanol–water partition coefficient (Wildman–Crippen LogP) is 1.39. The average molecular weight is 242 g/mol. The van der Waals surface area contributed by atoms with Gasteiger partial charge in [-0.1, -0.05) is 12.1 Å². The molecule has 0 radical (unpaired) electrons. The zero-order chi connectivity index (χ0) is 12.3. The molecule has 90 valence electrons. The lowest BCUT2D eigenvalue weighted by Gasteiger charge is -2.11. The van der Waals surface area contributed by atoms with Crippen LogP contribution in [-0.4, -0.2) is 14.5 Å². The fourth-order valence-electron chi connectivity index (χ4n) is 1.33. The maximum Gasteiger partial charge on any atom is 0.240 e. The molecular weight excluding hydrogens is 224 g/mol. The Kier molecular flexibility index (Phi) is 4.07. The summed E-state index contributed by atoms with van der Waals surface area (Å²) in [5, 5.41) is 0. The fraction of sp³-hybridized carbons (Fsp3) is 0.455. The molecule has 0 heterocycles. The van der Waals surface area contributed by atoms with E-state index in [2.05, 4.69) is 4.72 Å². The monoisotopic (exact) mass is 242 g/mol. The van der Waals surface area contributed by atoms with Crippen molar-refractivity contribution in [2.75, 3.05) is 0 Å². The van der Waals surface area contributed by atoms with Crippen molar-refractivity contribution < 1.29 is 8.42 Å². The zero-order valence-corrected chi connectivity index (χ0v) is 10.6. The quantitative estimate of drug-likeness (QED) is 0.838. The van der Waals surface area contributed by atoms with Crippen molar-refractivity contribution in [1.29, 1.82) is 0 Å². The molecule has 0 saturated carbocycles. The van der Waals surface area contributed by atoms with Crippen molar-refractivity contribution in [2.24, 2.45) is 5.73 Å². The summed E-state index contributed by atoms with van der Waals surface area (Å²) in [4.78, 5) is 0.269. The van der Waals surface area contributed by atoms with Gasteiger partial charge in [-0.25, -0.2) is 13.1 Å². The Labute approximate surface area is 96.9 Å². The van der Waals surface area contributed by atoms with Crippen LogP contribution < -0.4 is 10.5 Å². The van der Waals surface area contributed by atoms with Crippen LogP contribution in [0.1, 0.15) is 32.4 Å². The maximum absolute atomic E-state index is 11.8. The third-order valence-corrected chi connectivity index (χ3v) is 3.78. The number of sulfonamides is 1. The van der Waals surface area contributed by atoms with Crippen LogP contribution in [0.25, 0.3) is 0 Å². The summed E-state index contributed by atoms with van der Waals surface area (Å²) in [5.41, 5.74) is 6.61. The number of nitrogens with one attached hydrogen (secondary N) is 1. The van der Waals surface area contributed by atoms with Gasteiger partial charge < -0.3 is 5.73 Å². The van der Waals surface area contributed by atoms with E-state index in [1.165, 1.54) is 0 Å². The maximum atomic E-state index is 11.8. The molecule has 0 bridgehead atoms. The molecule has 0 aliphatic carbocycles. The highest BCUT2D eigenvalue weighted by atomic mass is 32.2. The Morgan fingerprint density at radius 3 is 2.00 bits per heavy atom. The third-order valence-electron chi connectivity index (χ3n) is 2.11. The number of benzene rings is 1. The Hall–Kier alpha value is -0.910. The lowest BCUT2D eigenvalue weighted by molar-refractivity contribution is 0.570. The highest BCUT2D eigenvalue weighted by Gasteiger charge is 2.14. The molecule has 0 fully saturated rings. The molecule has 1 unspecified atom stereocenters. The van der Waals surface area contributed by atoms with Gasteiger partial charge in [-0.2, -0.15) is 0 Å². The van der Waals surface area contributed by atoms with E-state index in [-0.39, 0.29) is 17.0 Å². The SMILES string of the molecule is CC(C)NS(=O)(=O)c1ccc(C(C)N)cc1. The van der Waals surface area contributed by atoms with Gasteiger partial charge in [-0.3, -0.25) is 0 Å². The summed E-state index contributed by atoms with van der Waals surface area (Å²) in [5.74, 6) is 0. The summed E-state index contributed by atoms with van der Waals surface area (Å²) in [6, 6.07) is 6.42. The number of hydrogen-bond donors (Lipinski definition) is 2. The highest BCUT2D eigenvalue weighted by molar-refractivity contribution is 7.89. The first-order valence-corrected chi connectivity index (χ1v) is 6.69. The van der Waals surface area contributed by atoms with Crippen LogP contribution in [0.5, 0.6) is 0 Å². The standard InChI is InChI=1S/C11H18N2O2S/c1-8(2)13-16(14,15)11-6-4-10(5-7-11)9(3)12/h4-9,13H,12H2,1-3H3. The fourth-order valence-corrected chi connectivity index (χ4v) is 2.58. The van der Waals surface area contributed by atoms with Gasteiger partial charge in [-0.15, -0.1) is 0 Å². The van der Waals surface area contributed by atoms with E-state index < -0.39 is 10.0 Å². The molecule has 0 aromatic heterocycles. The Balaban J connectivity index is 2.98. The lowest BCUT2D eigenvalue weighted by atomic mass is 10.1. The van der Waals surface area contributed by atoms with E-state index in [1.807, 2.05) is 6.92 Å². The first kappa shape index (κ1) is 13.2. The minimum Gasteiger partial charge on any atom is -0.324 e. The van der Waals surface area contributed by atoms with E-state index in [1.54, 1.807) is 38.1 Å². The third kappa shape index (κ3) is 3.30. The summed E-state index contributed by atoms with van der Waals surface area (Å²) in [6.07, 6.45) is 0. The molecule has 0 saturated heterocycles. The van der Waals surface area contributed by atoms with Crippen molar-refractivity contribution in [3.8, 4) is 0 Å². The molecule has 1 rings (SSSR count). The van der Waals surface area contributed by atoms with Crippen LogP contribution in [0.4, 0.5) is 0 Å². The van der Waals surface area contributed by atoms with Crippen molar-refractivity contribution in [3.05, 3.63) is 29.8 Å². The molecule has 3 N–H and O–H groups in total. The second kappa shape index (κ2) is 4.95. The first-order valence-electron chi connectivity index (χ1n) is 5.21. The van der Waals surface area contributed by atoms with E-state index in [0.717, 1.165) is 5.56 Å². The van der Waals surface area contributed by atoms with Crippen molar-refractivity contribution in [2.45, 2.75) is 37.8 Å². The van der Waals surface area contributed by atoms with E-state index in [4.69, 9.17) is 5.73 Å². The van der Waals surface area contributed by atoms with Crippen LogP contribution in [0.3, 0.4) is 0 Å². The minimum atomic E-state index is -3.39. The van der Waals surface area contributed by atoms with E-state index in [0.29, 0.717) is 0 Å². The topological polar surface area (TPSA) is 72.2 Å². The van der Waals surface area contributed by atoms with Gasteiger partial charge in [0, 0.05) is 12.1 Å². The van der Waals surface area contributed by atoms with Crippen molar-refractivity contribution in [3.63, 3.8) is 0 Å². The highest BCUT2D eigenvalue weighted by Crippen LogP contribution is 2.14. The molecule has 1 aromatic rings. The molecule has 5 heteroatoms. The second-order valence-corrected chi connectivity index (χ2v) is 5.85. The number of nitrogens with two attached hydrogens (primary N) is 1. The molecule has 0 amide bonds. The number of hydrogen-bond acceptors (Lipinski definition) is 3. The second-order valence-electron chi connectivity index (χ2n) is 4.13. The van der Waals surface area contributed by atoms with Crippen molar-refractivity contribution >= 4 is 10.0 Å². The number of rotatable bonds is 4. The van der Waals surface area contributed by atoms with Crippen LogP contribution in [0.2, 0.25) is 0 Å². The van der Waals surface area contributed by atoms with Crippen LogP contribution in [-0.2, 0) is 10.0 Å². The summed E-state index contributed by atoms with van der Waals surface area (Å²) < 4.78 is 26.1. The molecule has 0 aliphatic heterocycles. The average Bonchev–Trinajstić information content (AvgIpc) is 2.16. The zero-order valence-electron chi connectivity index (χ0n) is 9.77. The Morgan fingerprint density at radius 2 is 1.62 bits per heavy atom. The molecule has 0 aliphatic rings. The Bertz CT molecular complexity index is 436. The van der Waals surface area contributed by atoms with E-state index in [9.17, 15) is 8.42 Å². The molecular formula is C11H18N2O2S. The van der Waals surface area contributed by atoms with Gasteiger partial charge in [0.2, 0.25) is 10.0 Å². The Morgan fingerprint density at radius 1 is 1.12 bits per heavy atom. The molecule has 1 atom stereocenters. The molecule has 16 heavy (non-hydrogen) atoms. The smallest absolute Gasteiger partial charge is 0.240 e. The lowest BCUT2D eigenvalue weighted by Crippen LogP contribution is -2.30. The van der Waals surface area contributed by atoms with Crippen molar-refractivity contribution in [1.82, 2.24) is 4.72 Å².